The van der Waals surface area contributed by atoms with Crippen LogP contribution in [0.25, 0.3) is 0 Å². The van der Waals surface area contributed by atoms with Gasteiger partial charge in [-0.1, -0.05) is 35.0 Å². The van der Waals surface area contributed by atoms with Crippen LogP contribution in [0.2, 0.25) is 0 Å². The van der Waals surface area contributed by atoms with Gasteiger partial charge in [-0.05, 0) is 37.5 Å². The van der Waals surface area contributed by atoms with Crippen LogP contribution in [-0.2, 0) is 15.4 Å². The minimum Gasteiger partial charge on any atom is -0.322 e. The second kappa shape index (κ2) is 6.17. The van der Waals surface area contributed by atoms with Crippen molar-refractivity contribution in [3.05, 3.63) is 34.3 Å². The molecule has 0 bridgehead atoms. The normalized spacial score (nSPS) is 15.3. The summed E-state index contributed by atoms with van der Waals surface area (Å²) in [6, 6.07) is 7.84. The monoisotopic (exact) mass is 333 g/mol. The van der Waals surface area contributed by atoms with Crippen molar-refractivity contribution in [2.75, 3.05) is 11.5 Å². The fourth-order valence-corrected chi connectivity index (χ4v) is 2.92. The van der Waals surface area contributed by atoms with E-state index in [0.29, 0.717) is 12.8 Å². The molecule has 1 aromatic carbocycles. The highest BCUT2D eigenvalue weighted by Crippen LogP contribution is 2.25. The first kappa shape index (κ1) is 15.7. The van der Waals surface area contributed by atoms with Gasteiger partial charge >= 0.3 is 0 Å². The van der Waals surface area contributed by atoms with Crippen molar-refractivity contribution in [2.45, 2.75) is 32.2 Å². The maximum Gasteiger partial charge on any atom is 0.150 e. The van der Waals surface area contributed by atoms with Gasteiger partial charge in [0.25, 0.3) is 0 Å². The number of hydrogen-bond donors (Lipinski definition) is 1. The predicted octanol–water partition coefficient (Wildman–Crippen LogP) is 2.84. The van der Waals surface area contributed by atoms with E-state index in [9.17, 15) is 8.42 Å². The average molecular weight is 334 g/mol. The number of halogens is 1. The predicted molar refractivity (Wildman–Crippen MR) is 79.2 cm³/mol. The van der Waals surface area contributed by atoms with E-state index in [1.54, 1.807) is 6.92 Å². The van der Waals surface area contributed by atoms with Crippen molar-refractivity contribution in [3.63, 3.8) is 0 Å². The summed E-state index contributed by atoms with van der Waals surface area (Å²) in [6.45, 7) is 3.61. The Kier molecular flexibility index (Phi) is 5.37. The molecule has 5 heteroatoms. The summed E-state index contributed by atoms with van der Waals surface area (Å²) in [5.41, 5.74) is 6.79. The van der Waals surface area contributed by atoms with Crippen LogP contribution in [0, 0.1) is 0 Å². The van der Waals surface area contributed by atoms with Gasteiger partial charge in [0.05, 0.1) is 5.75 Å². The Morgan fingerprint density at radius 3 is 2.33 bits per heavy atom. The molecule has 0 aliphatic carbocycles. The lowest BCUT2D eigenvalue weighted by Gasteiger charge is -2.25. The third kappa shape index (κ3) is 4.71. The Hall–Kier alpha value is -0.390. The lowest BCUT2D eigenvalue weighted by Crippen LogP contribution is -2.33. The van der Waals surface area contributed by atoms with Gasteiger partial charge in [-0.3, -0.25) is 0 Å². The number of rotatable bonds is 6. The maximum atomic E-state index is 11.4. The molecule has 1 aromatic rings. The smallest absolute Gasteiger partial charge is 0.150 e. The minimum atomic E-state index is -2.89. The van der Waals surface area contributed by atoms with Gasteiger partial charge in [-0.25, -0.2) is 8.42 Å². The molecule has 0 aliphatic rings. The lowest BCUT2D eigenvalue weighted by atomic mass is 9.89. The Bertz CT molecular complexity index is 480. The van der Waals surface area contributed by atoms with E-state index in [2.05, 4.69) is 15.9 Å². The standard InChI is InChI=1S/C13H20BrNO2S/c1-3-18(16,17)10-4-9-13(2,15)11-5-7-12(14)8-6-11/h5-8H,3-4,9-10,15H2,1-2H3. The second-order valence-electron chi connectivity index (χ2n) is 4.76. The molecule has 1 rings (SSSR count). The minimum absolute atomic E-state index is 0.201. The summed E-state index contributed by atoms with van der Waals surface area (Å²) in [4.78, 5) is 0. The molecule has 0 amide bonds. The van der Waals surface area contributed by atoms with Crippen LogP contribution in [0.1, 0.15) is 32.3 Å². The van der Waals surface area contributed by atoms with Gasteiger partial charge in [0, 0.05) is 15.8 Å². The van der Waals surface area contributed by atoms with Gasteiger partial charge in [-0.2, -0.15) is 0 Å². The molecule has 3 nitrogen and oxygen atoms in total. The first-order valence-electron chi connectivity index (χ1n) is 6.02. The van der Waals surface area contributed by atoms with Crippen LogP contribution < -0.4 is 5.73 Å². The zero-order valence-electron chi connectivity index (χ0n) is 10.8. The van der Waals surface area contributed by atoms with E-state index >= 15 is 0 Å². The molecular weight excluding hydrogens is 314 g/mol. The highest BCUT2D eigenvalue weighted by atomic mass is 79.9. The molecule has 0 aliphatic heterocycles. The van der Waals surface area contributed by atoms with Gasteiger partial charge in [0.15, 0.2) is 0 Å². The molecule has 1 unspecified atom stereocenters. The van der Waals surface area contributed by atoms with Crippen LogP contribution >= 0.6 is 15.9 Å². The Morgan fingerprint density at radius 2 is 1.83 bits per heavy atom. The molecule has 2 N–H and O–H groups in total. The molecule has 0 aromatic heterocycles. The lowest BCUT2D eigenvalue weighted by molar-refractivity contribution is 0.446. The number of benzene rings is 1. The van der Waals surface area contributed by atoms with Crippen LogP contribution in [0.5, 0.6) is 0 Å². The number of hydrogen-bond acceptors (Lipinski definition) is 3. The number of sulfone groups is 1. The molecule has 0 fully saturated rings. The van der Waals surface area contributed by atoms with Crippen molar-refractivity contribution in [3.8, 4) is 0 Å². The summed E-state index contributed by atoms with van der Waals surface area (Å²) >= 11 is 3.38. The molecule has 0 saturated heterocycles. The van der Waals surface area contributed by atoms with Crippen molar-refractivity contribution in [2.24, 2.45) is 5.73 Å². The molecule has 0 radical (unpaired) electrons. The molecule has 102 valence electrons. The largest absolute Gasteiger partial charge is 0.322 e. The average Bonchev–Trinajstić information content (AvgIpc) is 2.29. The quantitative estimate of drug-likeness (QED) is 0.870. The van der Waals surface area contributed by atoms with Crippen LogP contribution in [-0.4, -0.2) is 19.9 Å². The zero-order chi connectivity index (χ0) is 13.8. The Morgan fingerprint density at radius 1 is 1.28 bits per heavy atom. The van der Waals surface area contributed by atoms with E-state index in [1.807, 2.05) is 31.2 Å². The fraction of sp³-hybridized carbons (Fsp3) is 0.538. The molecule has 18 heavy (non-hydrogen) atoms. The summed E-state index contributed by atoms with van der Waals surface area (Å²) in [6.07, 6.45) is 1.26. The zero-order valence-corrected chi connectivity index (χ0v) is 13.2. The second-order valence-corrected chi connectivity index (χ2v) is 8.15. The first-order chi connectivity index (χ1) is 8.27. The molecule has 0 spiro atoms. The van der Waals surface area contributed by atoms with Crippen molar-refractivity contribution < 1.29 is 8.42 Å². The molecular formula is C13H20BrNO2S. The topological polar surface area (TPSA) is 60.2 Å². The summed E-state index contributed by atoms with van der Waals surface area (Å²) in [7, 11) is -2.89. The Labute approximate surface area is 118 Å². The summed E-state index contributed by atoms with van der Waals surface area (Å²) in [5.74, 6) is 0.416. The summed E-state index contributed by atoms with van der Waals surface area (Å²) in [5, 5.41) is 0. The van der Waals surface area contributed by atoms with E-state index in [1.165, 1.54) is 0 Å². The van der Waals surface area contributed by atoms with Crippen molar-refractivity contribution in [1.29, 1.82) is 0 Å². The first-order valence-corrected chi connectivity index (χ1v) is 8.63. The number of nitrogens with two attached hydrogens (primary N) is 1. The third-order valence-electron chi connectivity index (χ3n) is 3.09. The van der Waals surface area contributed by atoms with Gasteiger partial charge in [0.2, 0.25) is 0 Å². The molecule has 0 heterocycles. The summed E-state index contributed by atoms with van der Waals surface area (Å²) < 4.78 is 23.8. The maximum absolute atomic E-state index is 11.4. The van der Waals surface area contributed by atoms with E-state index < -0.39 is 15.4 Å². The van der Waals surface area contributed by atoms with Crippen molar-refractivity contribution in [1.82, 2.24) is 0 Å². The fourth-order valence-electron chi connectivity index (χ4n) is 1.78. The molecule has 0 saturated carbocycles. The van der Waals surface area contributed by atoms with Gasteiger partial charge < -0.3 is 5.73 Å². The highest BCUT2D eigenvalue weighted by Gasteiger charge is 2.21. The highest BCUT2D eigenvalue weighted by molar-refractivity contribution is 9.10. The van der Waals surface area contributed by atoms with E-state index in [4.69, 9.17) is 5.73 Å². The van der Waals surface area contributed by atoms with Gasteiger partial charge in [0.1, 0.15) is 9.84 Å². The third-order valence-corrected chi connectivity index (χ3v) is 5.41. The van der Waals surface area contributed by atoms with Crippen LogP contribution in [0.15, 0.2) is 28.7 Å². The molecule has 1 atom stereocenters. The van der Waals surface area contributed by atoms with Gasteiger partial charge in [-0.15, -0.1) is 0 Å². The van der Waals surface area contributed by atoms with Crippen molar-refractivity contribution >= 4 is 25.8 Å². The van der Waals surface area contributed by atoms with E-state index in [0.717, 1.165) is 10.0 Å². The van der Waals surface area contributed by atoms with Crippen LogP contribution in [0.4, 0.5) is 0 Å². The van der Waals surface area contributed by atoms with E-state index in [-0.39, 0.29) is 11.5 Å². The van der Waals surface area contributed by atoms with Crippen LogP contribution in [0.3, 0.4) is 0 Å². The Balaban J connectivity index is 2.62. The SMILES string of the molecule is CCS(=O)(=O)CCCC(C)(N)c1ccc(Br)cc1.